The average Bonchev–Trinajstić information content (AvgIpc) is 2.66. The van der Waals surface area contributed by atoms with Gasteiger partial charge in [-0.1, -0.05) is 0 Å². The third-order valence-corrected chi connectivity index (χ3v) is 2.57. The predicted molar refractivity (Wildman–Crippen MR) is 61.8 cm³/mol. The number of H-pyrrole nitrogens is 1. The highest BCUT2D eigenvalue weighted by Crippen LogP contribution is 2.26. The maximum Gasteiger partial charge on any atom is 0.338 e. The van der Waals surface area contributed by atoms with Gasteiger partial charge in [0.2, 0.25) is 0 Å². The van der Waals surface area contributed by atoms with Gasteiger partial charge >= 0.3 is 5.97 Å². The number of carboxylic acid groups (broad SMARTS) is 1. The van der Waals surface area contributed by atoms with Crippen molar-refractivity contribution in [2.45, 2.75) is 6.92 Å². The highest BCUT2D eigenvalue weighted by Gasteiger charge is 2.20. The Morgan fingerprint density at radius 2 is 2.06 bits per heavy atom. The lowest BCUT2D eigenvalue weighted by atomic mass is 10.1. The Labute approximate surface area is 97.0 Å². The topological polar surface area (TPSA) is 79.4 Å². The lowest BCUT2D eigenvalue weighted by Gasteiger charge is -1.99. The van der Waals surface area contributed by atoms with E-state index in [9.17, 15) is 9.59 Å². The number of carbonyl (C=O) groups excluding carboxylic acids is 1. The second-order valence-electron chi connectivity index (χ2n) is 3.65. The van der Waals surface area contributed by atoms with Crippen LogP contribution in [0.1, 0.15) is 27.8 Å². The second-order valence-corrected chi connectivity index (χ2v) is 3.65. The molecule has 0 unspecified atom stereocenters. The van der Waals surface area contributed by atoms with Gasteiger partial charge in [0.25, 0.3) is 0 Å². The van der Waals surface area contributed by atoms with Gasteiger partial charge in [0.05, 0.1) is 18.4 Å². The van der Waals surface area contributed by atoms with E-state index in [-0.39, 0.29) is 17.0 Å². The van der Waals surface area contributed by atoms with Crippen LogP contribution in [-0.4, -0.2) is 29.0 Å². The SMILES string of the molecule is COc1ccc2[nH]c(C(C)=O)c(C(=O)O)c2c1. The summed E-state index contributed by atoms with van der Waals surface area (Å²) >= 11 is 0. The quantitative estimate of drug-likeness (QED) is 0.795. The molecule has 0 aliphatic carbocycles. The summed E-state index contributed by atoms with van der Waals surface area (Å²) in [7, 11) is 1.50. The zero-order valence-corrected chi connectivity index (χ0v) is 9.40. The van der Waals surface area contributed by atoms with Crippen LogP contribution >= 0.6 is 0 Å². The molecule has 1 aromatic heterocycles. The van der Waals surface area contributed by atoms with E-state index < -0.39 is 5.97 Å². The van der Waals surface area contributed by atoms with Gasteiger partial charge in [-0.3, -0.25) is 4.79 Å². The maximum absolute atomic E-state index is 11.4. The molecule has 0 aliphatic rings. The van der Waals surface area contributed by atoms with E-state index in [1.54, 1.807) is 18.2 Å². The second kappa shape index (κ2) is 3.93. The fourth-order valence-electron chi connectivity index (χ4n) is 1.78. The van der Waals surface area contributed by atoms with E-state index in [0.717, 1.165) is 0 Å². The van der Waals surface area contributed by atoms with E-state index in [0.29, 0.717) is 16.7 Å². The third kappa shape index (κ3) is 1.75. The van der Waals surface area contributed by atoms with Crippen molar-refractivity contribution in [1.82, 2.24) is 4.98 Å². The molecule has 0 aliphatic heterocycles. The van der Waals surface area contributed by atoms with Crippen LogP contribution in [-0.2, 0) is 0 Å². The van der Waals surface area contributed by atoms with Crippen molar-refractivity contribution < 1.29 is 19.4 Å². The van der Waals surface area contributed by atoms with Gasteiger partial charge in [0, 0.05) is 17.8 Å². The number of hydrogen-bond donors (Lipinski definition) is 2. The molecule has 2 rings (SSSR count). The zero-order valence-electron chi connectivity index (χ0n) is 9.40. The number of aromatic nitrogens is 1. The lowest BCUT2D eigenvalue weighted by Crippen LogP contribution is -2.04. The van der Waals surface area contributed by atoms with E-state index in [1.807, 2.05) is 0 Å². The molecule has 0 bridgehead atoms. The van der Waals surface area contributed by atoms with Crippen LogP contribution in [0.25, 0.3) is 10.9 Å². The van der Waals surface area contributed by atoms with Crippen molar-refractivity contribution in [3.8, 4) is 5.75 Å². The molecule has 1 heterocycles. The van der Waals surface area contributed by atoms with Crippen LogP contribution < -0.4 is 4.74 Å². The number of rotatable bonds is 3. The van der Waals surface area contributed by atoms with Crippen LogP contribution in [0.3, 0.4) is 0 Å². The van der Waals surface area contributed by atoms with E-state index in [2.05, 4.69) is 4.98 Å². The molecule has 0 fully saturated rings. The summed E-state index contributed by atoms with van der Waals surface area (Å²) in [5, 5.41) is 9.63. The molecule has 2 aromatic rings. The van der Waals surface area contributed by atoms with Crippen molar-refractivity contribution >= 4 is 22.7 Å². The number of ketones is 1. The Kier molecular flexibility index (Phi) is 2.59. The number of nitrogens with one attached hydrogen (secondary N) is 1. The Morgan fingerprint density at radius 3 is 2.59 bits per heavy atom. The van der Waals surface area contributed by atoms with Gasteiger partial charge in [-0.05, 0) is 18.2 Å². The van der Waals surface area contributed by atoms with Crippen molar-refractivity contribution in [3.05, 3.63) is 29.5 Å². The number of ether oxygens (including phenoxy) is 1. The number of carbonyl (C=O) groups is 2. The number of benzene rings is 1. The minimum atomic E-state index is -1.13. The highest BCUT2D eigenvalue weighted by molar-refractivity contribution is 6.13. The molecule has 0 saturated heterocycles. The number of hydrogen-bond acceptors (Lipinski definition) is 3. The number of aromatic carboxylic acids is 1. The Hall–Kier alpha value is -2.30. The third-order valence-electron chi connectivity index (χ3n) is 2.57. The normalized spacial score (nSPS) is 10.5. The fraction of sp³-hybridized carbons (Fsp3) is 0.167. The number of methoxy groups -OCH3 is 1. The first-order chi connectivity index (χ1) is 8.04. The van der Waals surface area contributed by atoms with Gasteiger partial charge in [-0.15, -0.1) is 0 Å². The molecular weight excluding hydrogens is 222 g/mol. The summed E-state index contributed by atoms with van der Waals surface area (Å²) in [5.74, 6) is -0.888. The molecule has 5 heteroatoms. The summed E-state index contributed by atoms with van der Waals surface area (Å²) in [6.45, 7) is 1.33. The molecule has 2 N–H and O–H groups in total. The van der Waals surface area contributed by atoms with Crippen LogP contribution in [0.4, 0.5) is 0 Å². The summed E-state index contributed by atoms with van der Waals surface area (Å²) in [6.07, 6.45) is 0. The van der Waals surface area contributed by atoms with Gasteiger partial charge in [0.1, 0.15) is 5.75 Å². The monoisotopic (exact) mass is 233 g/mol. The molecule has 0 amide bonds. The van der Waals surface area contributed by atoms with Gasteiger partial charge < -0.3 is 14.8 Å². The standard InChI is InChI=1S/C12H11NO4/c1-6(14)11-10(12(15)16)8-5-7(17-2)3-4-9(8)13-11/h3-5,13H,1-2H3,(H,15,16). The molecule has 1 aromatic carbocycles. The lowest BCUT2D eigenvalue weighted by molar-refractivity contribution is 0.0694. The van der Waals surface area contributed by atoms with Gasteiger partial charge in [-0.2, -0.15) is 0 Å². The van der Waals surface area contributed by atoms with E-state index in [4.69, 9.17) is 9.84 Å². The minimum absolute atomic E-state index is 0.00796. The number of Topliss-reactive ketones (excluding diaryl/α,β-unsaturated/α-hetero) is 1. The number of fused-ring (bicyclic) bond motifs is 1. The fourth-order valence-corrected chi connectivity index (χ4v) is 1.78. The van der Waals surface area contributed by atoms with E-state index >= 15 is 0 Å². The van der Waals surface area contributed by atoms with E-state index in [1.165, 1.54) is 14.0 Å². The first-order valence-electron chi connectivity index (χ1n) is 4.98. The first-order valence-corrected chi connectivity index (χ1v) is 4.98. The zero-order chi connectivity index (χ0) is 12.6. The van der Waals surface area contributed by atoms with Crippen LogP contribution in [0.2, 0.25) is 0 Å². The molecule has 0 atom stereocenters. The van der Waals surface area contributed by atoms with Gasteiger partial charge in [0.15, 0.2) is 5.78 Å². The summed E-state index contributed by atoms with van der Waals surface area (Å²) in [5.41, 5.74) is 0.709. The molecule has 0 saturated carbocycles. The molecule has 17 heavy (non-hydrogen) atoms. The smallest absolute Gasteiger partial charge is 0.338 e. The molecule has 88 valence electrons. The Morgan fingerprint density at radius 1 is 1.35 bits per heavy atom. The van der Waals surface area contributed by atoms with Gasteiger partial charge in [-0.25, -0.2) is 4.79 Å². The number of carboxylic acids is 1. The Balaban J connectivity index is 2.81. The highest BCUT2D eigenvalue weighted by atomic mass is 16.5. The number of aromatic amines is 1. The Bertz CT molecular complexity index is 612. The minimum Gasteiger partial charge on any atom is -0.497 e. The van der Waals surface area contributed by atoms with Crippen molar-refractivity contribution in [2.75, 3.05) is 7.11 Å². The van der Waals surface area contributed by atoms with Crippen LogP contribution in [0, 0.1) is 0 Å². The maximum atomic E-state index is 11.4. The largest absolute Gasteiger partial charge is 0.497 e. The average molecular weight is 233 g/mol. The van der Waals surface area contributed by atoms with Crippen molar-refractivity contribution in [3.63, 3.8) is 0 Å². The molecule has 0 spiro atoms. The molecule has 0 radical (unpaired) electrons. The van der Waals surface area contributed by atoms with Crippen LogP contribution in [0.5, 0.6) is 5.75 Å². The summed E-state index contributed by atoms with van der Waals surface area (Å²) in [6, 6.07) is 4.99. The summed E-state index contributed by atoms with van der Waals surface area (Å²) < 4.78 is 5.04. The first kappa shape index (κ1) is 11.2. The predicted octanol–water partition coefficient (Wildman–Crippen LogP) is 2.08. The van der Waals surface area contributed by atoms with Crippen LogP contribution in [0.15, 0.2) is 18.2 Å². The molecule has 5 nitrogen and oxygen atoms in total. The summed E-state index contributed by atoms with van der Waals surface area (Å²) in [4.78, 5) is 25.4. The van der Waals surface area contributed by atoms with Crippen molar-refractivity contribution in [1.29, 1.82) is 0 Å². The molecular formula is C12H11NO4. The van der Waals surface area contributed by atoms with Crippen molar-refractivity contribution in [2.24, 2.45) is 0 Å².